The molecular formula is C13H15ClN2O3. The molecule has 1 aliphatic carbocycles. The van der Waals surface area contributed by atoms with Crippen LogP contribution >= 0.6 is 11.6 Å². The molecule has 0 atom stereocenters. The van der Waals surface area contributed by atoms with Gasteiger partial charge in [0, 0.05) is 11.6 Å². The lowest BCUT2D eigenvalue weighted by Gasteiger charge is -2.12. The summed E-state index contributed by atoms with van der Waals surface area (Å²) in [4.78, 5) is 22.8. The van der Waals surface area contributed by atoms with Crippen molar-refractivity contribution in [2.75, 3.05) is 11.9 Å². The maximum atomic E-state index is 11.7. The summed E-state index contributed by atoms with van der Waals surface area (Å²) >= 11 is 5.74. The predicted molar refractivity (Wildman–Crippen MR) is 72.8 cm³/mol. The van der Waals surface area contributed by atoms with Gasteiger partial charge in [0.05, 0.1) is 11.3 Å². The number of hydrogen-bond donors (Lipinski definition) is 3. The number of amides is 2. The summed E-state index contributed by atoms with van der Waals surface area (Å²) in [5, 5.41) is 14.6. The Hall–Kier alpha value is -1.75. The van der Waals surface area contributed by atoms with Gasteiger partial charge in [-0.25, -0.2) is 9.59 Å². The zero-order valence-corrected chi connectivity index (χ0v) is 11.3. The second-order valence-corrected chi connectivity index (χ2v) is 5.55. The third-order valence-corrected chi connectivity index (χ3v) is 3.47. The van der Waals surface area contributed by atoms with Crippen LogP contribution in [0.2, 0.25) is 5.02 Å². The Morgan fingerprint density at radius 1 is 1.42 bits per heavy atom. The molecule has 0 heterocycles. The van der Waals surface area contributed by atoms with Crippen molar-refractivity contribution in [3.05, 3.63) is 28.8 Å². The van der Waals surface area contributed by atoms with E-state index >= 15 is 0 Å². The van der Waals surface area contributed by atoms with Gasteiger partial charge < -0.3 is 15.7 Å². The molecule has 2 rings (SSSR count). The molecule has 6 heteroatoms. The molecular weight excluding hydrogens is 268 g/mol. The molecule has 0 aliphatic heterocycles. The van der Waals surface area contributed by atoms with Crippen molar-refractivity contribution >= 4 is 29.3 Å². The van der Waals surface area contributed by atoms with Gasteiger partial charge in [0.1, 0.15) is 0 Å². The first-order chi connectivity index (χ1) is 8.89. The minimum Gasteiger partial charge on any atom is -0.478 e. The van der Waals surface area contributed by atoms with Crippen LogP contribution in [0, 0.1) is 5.41 Å². The zero-order valence-electron chi connectivity index (χ0n) is 10.5. The van der Waals surface area contributed by atoms with E-state index in [-0.39, 0.29) is 16.7 Å². The van der Waals surface area contributed by atoms with E-state index in [1.54, 1.807) is 0 Å². The summed E-state index contributed by atoms with van der Waals surface area (Å²) in [5.74, 6) is -1.13. The van der Waals surface area contributed by atoms with Crippen molar-refractivity contribution in [1.29, 1.82) is 0 Å². The highest BCUT2D eigenvalue weighted by molar-refractivity contribution is 6.31. The molecule has 0 radical (unpaired) electrons. The van der Waals surface area contributed by atoms with Crippen LogP contribution in [-0.2, 0) is 0 Å². The highest BCUT2D eigenvalue weighted by Crippen LogP contribution is 2.44. The Labute approximate surface area is 116 Å². The van der Waals surface area contributed by atoms with Crippen molar-refractivity contribution in [2.45, 2.75) is 19.8 Å². The first-order valence-electron chi connectivity index (χ1n) is 5.97. The number of carbonyl (C=O) groups excluding carboxylic acids is 1. The number of urea groups is 1. The number of carbonyl (C=O) groups is 2. The van der Waals surface area contributed by atoms with Crippen molar-refractivity contribution in [1.82, 2.24) is 5.32 Å². The minimum atomic E-state index is -1.13. The number of rotatable bonds is 4. The van der Waals surface area contributed by atoms with Gasteiger partial charge in [-0.2, -0.15) is 0 Å². The Morgan fingerprint density at radius 2 is 2.11 bits per heavy atom. The lowest BCUT2D eigenvalue weighted by molar-refractivity contribution is 0.0698. The van der Waals surface area contributed by atoms with Gasteiger partial charge >= 0.3 is 12.0 Å². The molecule has 0 unspecified atom stereocenters. The lowest BCUT2D eigenvalue weighted by atomic mass is 10.1. The molecule has 0 saturated heterocycles. The molecule has 1 aromatic rings. The highest BCUT2D eigenvalue weighted by Gasteiger charge is 2.37. The number of benzene rings is 1. The number of halogens is 1. The molecule has 1 aromatic carbocycles. The molecule has 19 heavy (non-hydrogen) atoms. The van der Waals surface area contributed by atoms with E-state index in [0.717, 1.165) is 12.8 Å². The van der Waals surface area contributed by atoms with Crippen LogP contribution in [0.15, 0.2) is 18.2 Å². The highest BCUT2D eigenvalue weighted by atomic mass is 35.5. The summed E-state index contributed by atoms with van der Waals surface area (Å²) in [6, 6.07) is 3.91. The van der Waals surface area contributed by atoms with Gasteiger partial charge in [-0.05, 0) is 36.5 Å². The SMILES string of the molecule is CC1(CNC(=O)Nc2ccc(Cl)cc2C(=O)O)CC1. The molecule has 2 amide bonds. The van der Waals surface area contributed by atoms with Crippen LogP contribution in [0.3, 0.4) is 0 Å². The van der Waals surface area contributed by atoms with Gasteiger partial charge in [0.15, 0.2) is 0 Å². The van der Waals surface area contributed by atoms with Gasteiger partial charge in [-0.15, -0.1) is 0 Å². The Bertz CT molecular complexity index is 527. The third-order valence-electron chi connectivity index (χ3n) is 3.24. The molecule has 1 saturated carbocycles. The first-order valence-corrected chi connectivity index (χ1v) is 6.35. The molecule has 0 spiro atoms. The topological polar surface area (TPSA) is 78.4 Å². The number of aromatic carboxylic acids is 1. The minimum absolute atomic E-state index is 0.0275. The Balaban J connectivity index is 2.01. The fourth-order valence-electron chi connectivity index (χ4n) is 1.65. The van der Waals surface area contributed by atoms with Crippen LogP contribution in [0.5, 0.6) is 0 Å². The van der Waals surface area contributed by atoms with E-state index in [1.807, 2.05) is 0 Å². The van der Waals surface area contributed by atoms with Crippen LogP contribution in [0.4, 0.5) is 10.5 Å². The monoisotopic (exact) mass is 282 g/mol. The van der Waals surface area contributed by atoms with Crippen molar-refractivity contribution in [3.8, 4) is 0 Å². The van der Waals surface area contributed by atoms with Crippen LogP contribution < -0.4 is 10.6 Å². The van der Waals surface area contributed by atoms with Crippen LogP contribution in [-0.4, -0.2) is 23.7 Å². The average Bonchev–Trinajstić information content (AvgIpc) is 3.08. The average molecular weight is 283 g/mol. The molecule has 1 aliphatic rings. The maximum Gasteiger partial charge on any atom is 0.337 e. The van der Waals surface area contributed by atoms with Crippen molar-refractivity contribution in [2.24, 2.45) is 5.41 Å². The number of carboxylic acid groups (broad SMARTS) is 1. The van der Waals surface area contributed by atoms with E-state index in [4.69, 9.17) is 16.7 Å². The van der Waals surface area contributed by atoms with E-state index in [9.17, 15) is 9.59 Å². The summed E-state index contributed by atoms with van der Waals surface area (Å²) in [6.45, 7) is 2.69. The zero-order chi connectivity index (χ0) is 14.0. The smallest absolute Gasteiger partial charge is 0.337 e. The second kappa shape index (κ2) is 5.09. The third kappa shape index (κ3) is 3.61. The molecule has 102 valence electrons. The maximum absolute atomic E-state index is 11.7. The lowest BCUT2D eigenvalue weighted by Crippen LogP contribution is -2.33. The van der Waals surface area contributed by atoms with Crippen molar-refractivity contribution in [3.63, 3.8) is 0 Å². The van der Waals surface area contributed by atoms with E-state index in [2.05, 4.69) is 17.6 Å². The van der Waals surface area contributed by atoms with Crippen molar-refractivity contribution < 1.29 is 14.7 Å². The molecule has 1 fully saturated rings. The largest absolute Gasteiger partial charge is 0.478 e. The number of hydrogen-bond acceptors (Lipinski definition) is 2. The molecule has 5 nitrogen and oxygen atoms in total. The number of nitrogens with one attached hydrogen (secondary N) is 2. The number of carboxylic acids is 1. The van der Waals surface area contributed by atoms with E-state index in [0.29, 0.717) is 11.6 Å². The summed E-state index contributed by atoms with van der Waals surface area (Å²) in [5.41, 5.74) is 0.406. The quantitative estimate of drug-likeness (QED) is 0.794. The van der Waals surface area contributed by atoms with Crippen LogP contribution in [0.1, 0.15) is 30.1 Å². The normalized spacial score (nSPS) is 15.7. The van der Waals surface area contributed by atoms with Gasteiger partial charge in [-0.3, -0.25) is 0 Å². The van der Waals surface area contributed by atoms with Gasteiger partial charge in [0.2, 0.25) is 0 Å². The Kier molecular flexibility index (Phi) is 3.66. The summed E-state index contributed by atoms with van der Waals surface area (Å²) in [6.07, 6.45) is 2.21. The van der Waals surface area contributed by atoms with E-state index in [1.165, 1.54) is 18.2 Å². The van der Waals surface area contributed by atoms with Crippen LogP contribution in [0.25, 0.3) is 0 Å². The summed E-state index contributed by atoms with van der Waals surface area (Å²) in [7, 11) is 0. The Morgan fingerprint density at radius 3 is 2.68 bits per heavy atom. The molecule has 0 aromatic heterocycles. The van der Waals surface area contributed by atoms with Gasteiger partial charge in [-0.1, -0.05) is 18.5 Å². The van der Waals surface area contributed by atoms with Gasteiger partial charge in [0.25, 0.3) is 0 Å². The molecule has 0 bridgehead atoms. The fraction of sp³-hybridized carbons (Fsp3) is 0.385. The van der Waals surface area contributed by atoms with E-state index < -0.39 is 12.0 Å². The predicted octanol–water partition coefficient (Wildman–Crippen LogP) is 2.96. The standard InChI is InChI=1S/C13H15ClN2O3/c1-13(4-5-13)7-15-12(19)16-10-3-2-8(14)6-9(10)11(17)18/h2-3,6H,4-5,7H2,1H3,(H,17,18)(H2,15,16,19). The second-order valence-electron chi connectivity index (χ2n) is 5.11. The fourth-order valence-corrected chi connectivity index (χ4v) is 1.82. The summed E-state index contributed by atoms with van der Waals surface area (Å²) < 4.78 is 0. The molecule has 3 N–H and O–H groups in total. The first kappa shape index (κ1) is 13.7. The number of anilines is 1.